The zero-order valence-electron chi connectivity index (χ0n) is 16.4. The normalized spacial score (nSPS) is 20.3. The summed E-state index contributed by atoms with van der Waals surface area (Å²) >= 11 is 1.43. The maximum absolute atomic E-state index is 12.9. The van der Waals surface area contributed by atoms with Crippen molar-refractivity contribution in [1.29, 1.82) is 0 Å². The number of amides is 1. The van der Waals surface area contributed by atoms with Crippen molar-refractivity contribution in [3.8, 4) is 0 Å². The van der Waals surface area contributed by atoms with Crippen LogP contribution in [0.2, 0.25) is 0 Å². The molecule has 29 heavy (non-hydrogen) atoms. The molecule has 0 fully saturated rings. The summed E-state index contributed by atoms with van der Waals surface area (Å²) in [4.78, 5) is 38.9. The molecular formula is C22H23NO5S. The second-order valence-electron chi connectivity index (χ2n) is 7.52. The van der Waals surface area contributed by atoms with Gasteiger partial charge in [0.05, 0.1) is 17.7 Å². The number of carbonyl (C=O) groups excluding carboxylic acids is 3. The molecular weight excluding hydrogens is 390 g/mol. The number of rotatable bonds is 4. The smallest absolute Gasteiger partial charge is 0.341 e. The number of carbonyl (C=O) groups is 3. The van der Waals surface area contributed by atoms with Gasteiger partial charge in [0.25, 0.3) is 5.91 Å². The van der Waals surface area contributed by atoms with E-state index in [9.17, 15) is 14.4 Å². The quantitative estimate of drug-likeness (QED) is 0.772. The van der Waals surface area contributed by atoms with Gasteiger partial charge in [-0.3, -0.25) is 4.79 Å². The van der Waals surface area contributed by atoms with E-state index in [1.54, 1.807) is 19.1 Å². The number of esters is 2. The molecule has 0 radical (unpaired) electrons. The minimum Gasteiger partial charge on any atom is -0.462 e. The second kappa shape index (κ2) is 7.99. The van der Waals surface area contributed by atoms with Crippen molar-refractivity contribution in [1.82, 2.24) is 0 Å². The molecule has 0 spiro atoms. The highest BCUT2D eigenvalue weighted by Gasteiger charge is 2.34. The van der Waals surface area contributed by atoms with Gasteiger partial charge < -0.3 is 14.8 Å². The Morgan fingerprint density at radius 2 is 2.07 bits per heavy atom. The van der Waals surface area contributed by atoms with Crippen molar-refractivity contribution in [2.24, 2.45) is 5.92 Å². The number of hydrogen-bond acceptors (Lipinski definition) is 6. The first-order chi connectivity index (χ1) is 14.0. The fourth-order valence-corrected chi connectivity index (χ4v) is 5.33. The van der Waals surface area contributed by atoms with Gasteiger partial charge in [0.15, 0.2) is 6.10 Å². The van der Waals surface area contributed by atoms with Crippen LogP contribution in [0.15, 0.2) is 24.3 Å². The SMILES string of the molecule is CCOC(=O)c1c(NC(=O)[C@H]2Cc3ccccc3C(=O)O2)sc2c1CC[C@H](C)C2. The molecule has 152 valence electrons. The van der Waals surface area contributed by atoms with Gasteiger partial charge in [0, 0.05) is 11.3 Å². The average molecular weight is 413 g/mol. The highest BCUT2D eigenvalue weighted by molar-refractivity contribution is 7.17. The highest BCUT2D eigenvalue weighted by Crippen LogP contribution is 2.40. The minimum absolute atomic E-state index is 0.268. The van der Waals surface area contributed by atoms with E-state index >= 15 is 0 Å². The third-order valence-electron chi connectivity index (χ3n) is 5.41. The van der Waals surface area contributed by atoms with Crippen LogP contribution < -0.4 is 5.32 Å². The highest BCUT2D eigenvalue weighted by atomic mass is 32.1. The zero-order valence-corrected chi connectivity index (χ0v) is 17.3. The van der Waals surface area contributed by atoms with E-state index in [-0.39, 0.29) is 6.61 Å². The maximum atomic E-state index is 12.9. The van der Waals surface area contributed by atoms with Gasteiger partial charge in [-0.25, -0.2) is 9.59 Å². The van der Waals surface area contributed by atoms with Gasteiger partial charge in [0.1, 0.15) is 5.00 Å². The summed E-state index contributed by atoms with van der Waals surface area (Å²) in [5, 5.41) is 3.33. The summed E-state index contributed by atoms with van der Waals surface area (Å²) in [6.45, 7) is 4.21. The van der Waals surface area contributed by atoms with E-state index in [2.05, 4.69) is 12.2 Å². The van der Waals surface area contributed by atoms with Crippen LogP contribution >= 0.6 is 11.3 Å². The lowest BCUT2D eigenvalue weighted by atomic mass is 9.88. The van der Waals surface area contributed by atoms with E-state index in [1.165, 1.54) is 11.3 Å². The average Bonchev–Trinajstić information content (AvgIpc) is 3.05. The van der Waals surface area contributed by atoms with Crippen molar-refractivity contribution in [2.45, 2.75) is 45.6 Å². The van der Waals surface area contributed by atoms with Gasteiger partial charge in [-0.15, -0.1) is 11.3 Å². The number of benzene rings is 1. The van der Waals surface area contributed by atoms with E-state index < -0.39 is 23.9 Å². The first-order valence-electron chi connectivity index (χ1n) is 9.89. The van der Waals surface area contributed by atoms with Crippen LogP contribution in [0, 0.1) is 5.92 Å². The summed E-state index contributed by atoms with van der Waals surface area (Å²) in [5.74, 6) is -0.807. The first kappa shape index (κ1) is 19.6. The molecule has 0 saturated carbocycles. The number of nitrogens with one attached hydrogen (secondary N) is 1. The van der Waals surface area contributed by atoms with Crippen LogP contribution in [0.3, 0.4) is 0 Å². The summed E-state index contributed by atoms with van der Waals surface area (Å²) < 4.78 is 10.6. The van der Waals surface area contributed by atoms with Crippen LogP contribution in [0.1, 0.15) is 57.0 Å². The van der Waals surface area contributed by atoms with Crippen molar-refractivity contribution < 1.29 is 23.9 Å². The molecule has 1 aromatic carbocycles. The van der Waals surface area contributed by atoms with Gasteiger partial charge >= 0.3 is 11.9 Å². The molecule has 1 aromatic heterocycles. The van der Waals surface area contributed by atoms with E-state index in [0.717, 1.165) is 35.3 Å². The Bertz CT molecular complexity index is 980. The van der Waals surface area contributed by atoms with E-state index in [4.69, 9.17) is 9.47 Å². The number of thiophene rings is 1. The van der Waals surface area contributed by atoms with Crippen LogP contribution in [-0.2, 0) is 33.5 Å². The number of cyclic esters (lactones) is 1. The predicted molar refractivity (Wildman–Crippen MR) is 109 cm³/mol. The second-order valence-corrected chi connectivity index (χ2v) is 8.63. The molecule has 1 amide bonds. The van der Waals surface area contributed by atoms with Gasteiger partial charge in [-0.05, 0) is 49.3 Å². The Morgan fingerprint density at radius 3 is 2.86 bits per heavy atom. The zero-order chi connectivity index (χ0) is 20.5. The number of hydrogen-bond donors (Lipinski definition) is 1. The molecule has 1 N–H and O–H groups in total. The first-order valence-corrected chi connectivity index (χ1v) is 10.7. The Hall–Kier alpha value is -2.67. The molecule has 1 aliphatic heterocycles. The Kier molecular flexibility index (Phi) is 5.41. The lowest BCUT2D eigenvalue weighted by molar-refractivity contribution is -0.125. The summed E-state index contributed by atoms with van der Waals surface area (Å²) in [6.07, 6.45) is 2.06. The Balaban J connectivity index is 1.60. The maximum Gasteiger partial charge on any atom is 0.341 e. The summed E-state index contributed by atoms with van der Waals surface area (Å²) in [5.41, 5.74) is 2.71. The van der Waals surface area contributed by atoms with Crippen LogP contribution in [0.25, 0.3) is 0 Å². The molecule has 0 unspecified atom stereocenters. The molecule has 2 heterocycles. The molecule has 7 heteroatoms. The van der Waals surface area contributed by atoms with Gasteiger partial charge in [-0.2, -0.15) is 0 Å². The van der Waals surface area contributed by atoms with Gasteiger partial charge in [0.2, 0.25) is 0 Å². The van der Waals surface area contributed by atoms with Crippen molar-refractivity contribution >= 4 is 34.2 Å². The third kappa shape index (κ3) is 3.79. The predicted octanol–water partition coefficient (Wildman–Crippen LogP) is 3.77. The monoisotopic (exact) mass is 413 g/mol. The van der Waals surface area contributed by atoms with Crippen molar-refractivity contribution in [3.05, 3.63) is 51.4 Å². The molecule has 2 aliphatic rings. The topological polar surface area (TPSA) is 81.7 Å². The standard InChI is InChI=1S/C22H23NO5S/c1-3-27-22(26)18-15-9-8-12(2)10-17(15)29-20(18)23-19(24)16-11-13-6-4-5-7-14(13)21(25)28-16/h4-7,12,16H,3,8-11H2,1-2H3,(H,23,24)/t12-,16+/m0/s1. The molecule has 0 bridgehead atoms. The molecule has 6 nitrogen and oxygen atoms in total. The Labute approximate surface area is 173 Å². The van der Waals surface area contributed by atoms with Crippen LogP contribution in [0.5, 0.6) is 0 Å². The Morgan fingerprint density at radius 1 is 1.28 bits per heavy atom. The molecule has 2 aromatic rings. The number of ether oxygens (including phenoxy) is 2. The lowest BCUT2D eigenvalue weighted by Crippen LogP contribution is -2.38. The largest absolute Gasteiger partial charge is 0.462 e. The lowest BCUT2D eigenvalue weighted by Gasteiger charge is -2.23. The fraction of sp³-hybridized carbons (Fsp3) is 0.409. The van der Waals surface area contributed by atoms with Crippen LogP contribution in [0.4, 0.5) is 5.00 Å². The molecule has 0 saturated heterocycles. The third-order valence-corrected chi connectivity index (χ3v) is 6.58. The summed E-state index contributed by atoms with van der Waals surface area (Å²) in [6, 6.07) is 7.12. The minimum atomic E-state index is -0.925. The van der Waals surface area contributed by atoms with Crippen LogP contribution in [-0.4, -0.2) is 30.6 Å². The fourth-order valence-electron chi connectivity index (χ4n) is 3.93. The number of anilines is 1. The van der Waals surface area contributed by atoms with Gasteiger partial charge in [-0.1, -0.05) is 25.1 Å². The molecule has 2 atom stereocenters. The molecule has 4 rings (SSSR count). The van der Waals surface area contributed by atoms with Crippen molar-refractivity contribution in [3.63, 3.8) is 0 Å². The van der Waals surface area contributed by atoms with E-state index in [1.807, 2.05) is 12.1 Å². The van der Waals surface area contributed by atoms with E-state index in [0.29, 0.717) is 28.5 Å². The summed E-state index contributed by atoms with van der Waals surface area (Å²) in [7, 11) is 0. The molecule has 1 aliphatic carbocycles. The van der Waals surface area contributed by atoms with Crippen molar-refractivity contribution in [2.75, 3.05) is 11.9 Å². The number of fused-ring (bicyclic) bond motifs is 2.